The Morgan fingerprint density at radius 3 is 1.52 bits per heavy atom. The minimum Gasteiger partial charge on any atom is -0.456 e. The third-order valence-electron chi connectivity index (χ3n) is 14.8. The number of rotatable bonds is 6. The fraction of sp³-hybridized carbons (Fsp3) is 0.276. The Morgan fingerprint density at radius 2 is 0.950 bits per heavy atom. The molecule has 2 saturated carbocycles. The van der Waals surface area contributed by atoms with E-state index in [1.807, 2.05) is 0 Å². The van der Waals surface area contributed by atoms with Crippen LogP contribution in [0.3, 0.4) is 0 Å². The lowest BCUT2D eigenvalue weighted by atomic mass is 9.60. The average Bonchev–Trinajstić information content (AvgIpc) is 3.69. The lowest BCUT2D eigenvalue weighted by molar-refractivity contribution is 0.342. The lowest BCUT2D eigenvalue weighted by Crippen LogP contribution is -2.31. The van der Waals surface area contributed by atoms with Crippen LogP contribution in [0.2, 0.25) is 0 Å². The first-order valence-electron chi connectivity index (χ1n) is 22.8. The van der Waals surface area contributed by atoms with Crippen LogP contribution in [-0.4, -0.2) is 0 Å². The Balaban J connectivity index is 0.000000248. The number of anilines is 3. The van der Waals surface area contributed by atoms with Crippen molar-refractivity contribution in [2.24, 2.45) is 0 Å². The monoisotopic (exact) mass is 781 g/mol. The molecule has 0 atom stereocenters. The molecular weight excluding hydrogens is 727 g/mol. The van der Waals surface area contributed by atoms with Gasteiger partial charge in [-0.1, -0.05) is 116 Å². The van der Waals surface area contributed by atoms with Crippen LogP contribution < -0.4 is 4.90 Å². The van der Waals surface area contributed by atoms with E-state index in [0.717, 1.165) is 29.4 Å². The Hall–Kier alpha value is -5.86. The molecule has 298 valence electrons. The van der Waals surface area contributed by atoms with Crippen molar-refractivity contribution in [2.75, 3.05) is 4.90 Å². The number of hydrogen-bond donors (Lipinski definition) is 0. The predicted molar refractivity (Wildman–Crippen MR) is 252 cm³/mol. The van der Waals surface area contributed by atoms with Gasteiger partial charge in [0, 0.05) is 28.2 Å². The summed E-state index contributed by atoms with van der Waals surface area (Å²) < 4.78 is 6.51. The smallest absolute Gasteiger partial charge is 0.137 e. The molecule has 0 N–H and O–H groups in total. The second-order valence-electron chi connectivity index (χ2n) is 18.2. The standard InChI is InChI=1S/C44H41NO.C14H14/c1-2-27-7-9-28(10-8-27)29-19-21-34(22-20-29)45(35-23-24-37-36-5-3-4-6-40(36)46-41(37)25-35)44-42-32-15-11-30(12-16-32)38(42)26-39-31-13-17-33(18-14-31)43(39)44;1-11-7-3-5-9-13(11)14-10-6-4-8-12(14)2/h3-10,19-26,30-33H,2,11-18H2,1H3;3-10H,1-2H3. The number of benzene rings is 7. The molecular formula is C58H55NO. The number of fused-ring (bicyclic) bond motifs is 7. The second-order valence-corrected chi connectivity index (χ2v) is 18.2. The topological polar surface area (TPSA) is 16.4 Å². The first-order chi connectivity index (χ1) is 29.5. The van der Waals surface area contributed by atoms with Gasteiger partial charge in [0.1, 0.15) is 11.2 Å². The summed E-state index contributed by atoms with van der Waals surface area (Å²) >= 11 is 0. The summed E-state index contributed by atoms with van der Waals surface area (Å²) in [7, 11) is 0. The van der Waals surface area contributed by atoms with E-state index in [4.69, 9.17) is 4.42 Å². The average molecular weight is 782 g/mol. The molecule has 6 aliphatic carbocycles. The van der Waals surface area contributed by atoms with Crippen LogP contribution >= 0.6 is 0 Å². The largest absolute Gasteiger partial charge is 0.456 e. The van der Waals surface area contributed by atoms with Gasteiger partial charge in [0.05, 0.1) is 5.69 Å². The summed E-state index contributed by atoms with van der Waals surface area (Å²) in [5, 5.41) is 2.39. The Kier molecular flexibility index (Phi) is 9.48. The highest BCUT2D eigenvalue weighted by atomic mass is 16.3. The van der Waals surface area contributed by atoms with E-state index in [9.17, 15) is 0 Å². The first kappa shape index (κ1) is 37.2. The van der Waals surface area contributed by atoms with E-state index in [1.165, 1.54) is 118 Å². The quantitative estimate of drug-likeness (QED) is 0.167. The molecule has 1 aromatic heterocycles. The fourth-order valence-corrected chi connectivity index (χ4v) is 11.6. The molecule has 0 unspecified atom stereocenters. The van der Waals surface area contributed by atoms with E-state index in [0.29, 0.717) is 11.8 Å². The van der Waals surface area contributed by atoms with Crippen LogP contribution in [0, 0.1) is 13.8 Å². The summed E-state index contributed by atoms with van der Waals surface area (Å²) in [6, 6.07) is 53.7. The van der Waals surface area contributed by atoms with E-state index in [2.05, 4.69) is 171 Å². The van der Waals surface area contributed by atoms with Crippen molar-refractivity contribution >= 4 is 39.0 Å². The highest BCUT2D eigenvalue weighted by Gasteiger charge is 2.43. The van der Waals surface area contributed by atoms with Crippen molar-refractivity contribution in [1.29, 1.82) is 0 Å². The number of furan rings is 1. The molecule has 60 heavy (non-hydrogen) atoms. The number of hydrogen-bond acceptors (Lipinski definition) is 2. The lowest BCUT2D eigenvalue weighted by Gasteiger charge is -2.48. The van der Waals surface area contributed by atoms with Crippen molar-refractivity contribution in [2.45, 2.75) is 102 Å². The van der Waals surface area contributed by atoms with Crippen molar-refractivity contribution in [3.63, 3.8) is 0 Å². The third kappa shape index (κ3) is 6.38. The molecule has 0 saturated heterocycles. The number of para-hydroxylation sites is 1. The maximum absolute atomic E-state index is 6.51. The van der Waals surface area contributed by atoms with Gasteiger partial charge < -0.3 is 9.32 Å². The van der Waals surface area contributed by atoms with Crippen LogP contribution in [-0.2, 0) is 6.42 Å². The first-order valence-corrected chi connectivity index (χ1v) is 22.8. The zero-order chi connectivity index (χ0) is 40.3. The number of aryl methyl sites for hydroxylation is 3. The molecule has 4 bridgehead atoms. The highest BCUT2D eigenvalue weighted by Crippen LogP contribution is 2.61. The summed E-state index contributed by atoms with van der Waals surface area (Å²) in [6.07, 6.45) is 11.9. The molecule has 6 aliphatic rings. The number of nitrogens with zero attached hydrogens (tertiary/aromatic N) is 1. The van der Waals surface area contributed by atoms with Gasteiger partial charge in [0.2, 0.25) is 0 Å². The van der Waals surface area contributed by atoms with Gasteiger partial charge >= 0.3 is 0 Å². The zero-order valence-corrected chi connectivity index (χ0v) is 35.4. The maximum atomic E-state index is 6.51. The molecule has 8 aromatic rings. The van der Waals surface area contributed by atoms with E-state index >= 15 is 0 Å². The molecule has 0 amide bonds. The van der Waals surface area contributed by atoms with Crippen molar-refractivity contribution < 1.29 is 4.42 Å². The molecule has 2 heteroatoms. The molecule has 0 radical (unpaired) electrons. The van der Waals surface area contributed by atoms with E-state index in [1.54, 1.807) is 22.3 Å². The molecule has 0 spiro atoms. The Bertz CT molecular complexity index is 2750. The third-order valence-corrected chi connectivity index (χ3v) is 14.8. The van der Waals surface area contributed by atoms with E-state index in [-0.39, 0.29) is 0 Å². The van der Waals surface area contributed by atoms with Gasteiger partial charge in [-0.2, -0.15) is 0 Å². The minimum atomic E-state index is 0.662. The molecule has 0 aliphatic heterocycles. The van der Waals surface area contributed by atoms with E-state index < -0.39 is 0 Å². The van der Waals surface area contributed by atoms with Gasteiger partial charge in [-0.3, -0.25) is 0 Å². The molecule has 1 heterocycles. The fourth-order valence-electron chi connectivity index (χ4n) is 11.6. The highest BCUT2D eigenvalue weighted by molar-refractivity contribution is 6.06. The van der Waals surface area contributed by atoms with Crippen LogP contribution in [0.1, 0.15) is 121 Å². The molecule has 7 aromatic carbocycles. The minimum absolute atomic E-state index is 0.662. The van der Waals surface area contributed by atoms with Gasteiger partial charge in [0.25, 0.3) is 0 Å². The van der Waals surface area contributed by atoms with Gasteiger partial charge in [0.15, 0.2) is 0 Å². The van der Waals surface area contributed by atoms with Crippen LogP contribution in [0.4, 0.5) is 17.1 Å². The van der Waals surface area contributed by atoms with Crippen LogP contribution in [0.25, 0.3) is 44.2 Å². The normalized spacial score (nSPS) is 19.8. The summed E-state index contributed by atoms with van der Waals surface area (Å²) in [5.74, 6) is 2.76. The summed E-state index contributed by atoms with van der Waals surface area (Å²) in [5.41, 5.74) is 21.9. The summed E-state index contributed by atoms with van der Waals surface area (Å²) in [6.45, 7) is 6.53. The van der Waals surface area contributed by atoms with Crippen molar-refractivity contribution in [3.8, 4) is 22.3 Å². The van der Waals surface area contributed by atoms with Crippen LogP contribution in [0.5, 0.6) is 0 Å². The maximum Gasteiger partial charge on any atom is 0.137 e. The molecule has 2 fully saturated rings. The van der Waals surface area contributed by atoms with Gasteiger partial charge in [-0.15, -0.1) is 0 Å². The van der Waals surface area contributed by atoms with Gasteiger partial charge in [-0.05, 0) is 187 Å². The summed E-state index contributed by atoms with van der Waals surface area (Å²) in [4.78, 5) is 2.66. The Labute approximate surface area is 355 Å². The van der Waals surface area contributed by atoms with Crippen molar-refractivity contribution in [3.05, 3.63) is 185 Å². The molecule has 14 rings (SSSR count). The SMILES string of the molecule is CCc1ccc(-c2ccc(N(c3ccc4c(c3)oc3ccccc34)c3c4c(cc5c3C3CCC5CC3)C3CCC4CC3)cc2)cc1.Cc1ccccc1-c1ccccc1C. The zero-order valence-electron chi connectivity index (χ0n) is 35.4. The second kappa shape index (κ2) is 15.3. The molecule has 2 nitrogen and oxygen atoms in total. The van der Waals surface area contributed by atoms with Crippen molar-refractivity contribution in [1.82, 2.24) is 0 Å². The Morgan fingerprint density at radius 1 is 0.467 bits per heavy atom. The van der Waals surface area contributed by atoms with Gasteiger partial charge in [-0.25, -0.2) is 0 Å². The van der Waals surface area contributed by atoms with Crippen LogP contribution in [0.15, 0.2) is 150 Å². The predicted octanol–water partition coefficient (Wildman–Crippen LogP) is 16.8.